The maximum absolute atomic E-state index is 12.0. The molecule has 0 N–H and O–H groups in total. The van der Waals surface area contributed by atoms with Gasteiger partial charge in [0.25, 0.3) is 0 Å². The Balaban J connectivity index is 2.31. The lowest BCUT2D eigenvalue weighted by molar-refractivity contribution is -0.318. The molecule has 7 heteroatoms. The molecular weight excluding hydrogens is 332 g/mol. The molecule has 1 aromatic rings. The van der Waals surface area contributed by atoms with Crippen LogP contribution in [-0.4, -0.2) is 32.5 Å². The fourth-order valence-electron chi connectivity index (χ4n) is 1.99. The standard InChI is InChI=1S/C17H26O6S/c1-4-5-9-12-17(2,3)23-22-16(18)21-13-14-24(19,20)15-10-7-6-8-11-15/h6-8,10-11H,4-5,9,12-14H2,1-3H3. The predicted octanol–water partition coefficient (Wildman–Crippen LogP) is 3.90. The minimum Gasteiger partial charge on any atom is -0.431 e. The largest absolute Gasteiger partial charge is 0.540 e. The first kappa shape index (κ1) is 20.4. The monoisotopic (exact) mass is 358 g/mol. The zero-order chi connectivity index (χ0) is 18.1. The van der Waals surface area contributed by atoms with Crippen molar-refractivity contribution in [3.63, 3.8) is 0 Å². The maximum atomic E-state index is 12.0. The molecule has 24 heavy (non-hydrogen) atoms. The predicted molar refractivity (Wildman–Crippen MR) is 90.2 cm³/mol. The fourth-order valence-corrected chi connectivity index (χ4v) is 3.10. The van der Waals surface area contributed by atoms with Gasteiger partial charge < -0.3 is 4.74 Å². The molecule has 0 heterocycles. The van der Waals surface area contributed by atoms with Gasteiger partial charge in [-0.05, 0) is 32.4 Å². The lowest BCUT2D eigenvalue weighted by atomic mass is 10.0. The van der Waals surface area contributed by atoms with Gasteiger partial charge in [0.2, 0.25) is 0 Å². The molecular formula is C17H26O6S. The van der Waals surface area contributed by atoms with Crippen LogP contribution >= 0.6 is 0 Å². The third-order valence-corrected chi connectivity index (χ3v) is 5.09. The van der Waals surface area contributed by atoms with E-state index in [4.69, 9.17) is 9.62 Å². The van der Waals surface area contributed by atoms with Gasteiger partial charge in [-0.25, -0.2) is 13.2 Å². The Bertz CT molecular complexity index is 595. The number of hydrogen-bond acceptors (Lipinski definition) is 6. The minimum atomic E-state index is -3.49. The van der Waals surface area contributed by atoms with Crippen LogP contribution in [-0.2, 0) is 24.3 Å². The van der Waals surface area contributed by atoms with Crippen molar-refractivity contribution in [3.05, 3.63) is 30.3 Å². The van der Waals surface area contributed by atoms with Crippen molar-refractivity contribution < 1.29 is 27.7 Å². The van der Waals surface area contributed by atoms with Crippen LogP contribution in [0.5, 0.6) is 0 Å². The molecule has 1 rings (SSSR count). The molecule has 1 aromatic carbocycles. The van der Waals surface area contributed by atoms with Gasteiger partial charge in [-0.1, -0.05) is 44.4 Å². The van der Waals surface area contributed by atoms with Crippen LogP contribution in [0.3, 0.4) is 0 Å². The second-order valence-electron chi connectivity index (χ2n) is 6.11. The van der Waals surface area contributed by atoms with Gasteiger partial charge in [0.1, 0.15) is 12.2 Å². The van der Waals surface area contributed by atoms with Gasteiger partial charge in [-0.3, -0.25) is 4.89 Å². The van der Waals surface area contributed by atoms with Crippen molar-refractivity contribution in [2.75, 3.05) is 12.4 Å². The van der Waals surface area contributed by atoms with Crippen molar-refractivity contribution in [2.24, 2.45) is 0 Å². The number of ether oxygens (including phenoxy) is 1. The third kappa shape index (κ3) is 7.79. The SMILES string of the molecule is CCCCCC(C)(C)OOC(=O)OCCS(=O)(=O)c1ccccc1. The van der Waals surface area contributed by atoms with E-state index in [9.17, 15) is 13.2 Å². The highest BCUT2D eigenvalue weighted by Gasteiger charge is 2.22. The molecule has 0 amide bonds. The molecule has 0 aromatic heterocycles. The molecule has 0 fully saturated rings. The van der Waals surface area contributed by atoms with Gasteiger partial charge in [0, 0.05) is 0 Å². The Morgan fingerprint density at radius 1 is 1.12 bits per heavy atom. The van der Waals surface area contributed by atoms with E-state index >= 15 is 0 Å². The summed E-state index contributed by atoms with van der Waals surface area (Å²) >= 11 is 0. The Labute approximate surface area is 144 Å². The van der Waals surface area contributed by atoms with Gasteiger partial charge in [0.05, 0.1) is 10.6 Å². The number of hydrogen-bond donors (Lipinski definition) is 0. The Morgan fingerprint density at radius 2 is 1.79 bits per heavy atom. The highest BCUT2D eigenvalue weighted by molar-refractivity contribution is 7.91. The van der Waals surface area contributed by atoms with E-state index in [1.54, 1.807) is 18.2 Å². The highest BCUT2D eigenvalue weighted by atomic mass is 32.2. The van der Waals surface area contributed by atoms with Crippen LogP contribution in [0.2, 0.25) is 0 Å². The van der Waals surface area contributed by atoms with Crippen molar-refractivity contribution >= 4 is 16.0 Å². The number of carbonyl (C=O) groups excluding carboxylic acids is 1. The lowest BCUT2D eigenvalue weighted by Gasteiger charge is -2.22. The first-order chi connectivity index (χ1) is 11.3. The number of sulfone groups is 1. The molecule has 0 aliphatic heterocycles. The molecule has 0 aliphatic carbocycles. The van der Waals surface area contributed by atoms with E-state index in [0.29, 0.717) is 0 Å². The quantitative estimate of drug-likeness (QED) is 0.273. The van der Waals surface area contributed by atoms with E-state index in [0.717, 1.165) is 25.7 Å². The van der Waals surface area contributed by atoms with Crippen molar-refractivity contribution in [1.29, 1.82) is 0 Å². The van der Waals surface area contributed by atoms with Crippen molar-refractivity contribution in [3.8, 4) is 0 Å². The number of unbranched alkanes of at least 4 members (excludes halogenated alkanes) is 2. The zero-order valence-corrected chi connectivity index (χ0v) is 15.3. The van der Waals surface area contributed by atoms with Crippen LogP contribution in [0.25, 0.3) is 0 Å². The summed E-state index contributed by atoms with van der Waals surface area (Å²) in [5.74, 6) is -0.313. The second-order valence-corrected chi connectivity index (χ2v) is 8.22. The van der Waals surface area contributed by atoms with Gasteiger partial charge in [-0.2, -0.15) is 4.89 Å². The minimum absolute atomic E-state index is 0.190. The first-order valence-electron chi connectivity index (χ1n) is 8.07. The van der Waals surface area contributed by atoms with Crippen LogP contribution in [0.1, 0.15) is 46.5 Å². The smallest absolute Gasteiger partial charge is 0.431 e. The average Bonchev–Trinajstić information content (AvgIpc) is 2.54. The molecule has 0 saturated heterocycles. The van der Waals surface area contributed by atoms with Crippen molar-refractivity contribution in [2.45, 2.75) is 57.0 Å². The number of rotatable bonds is 10. The molecule has 0 spiro atoms. The average molecular weight is 358 g/mol. The molecule has 0 unspecified atom stereocenters. The van der Waals surface area contributed by atoms with Crippen LogP contribution in [0.15, 0.2) is 35.2 Å². The lowest BCUT2D eigenvalue weighted by Crippen LogP contribution is -2.27. The molecule has 136 valence electrons. The van der Waals surface area contributed by atoms with E-state index < -0.39 is 21.6 Å². The fraction of sp³-hybridized carbons (Fsp3) is 0.588. The molecule has 0 saturated carbocycles. The third-order valence-electron chi connectivity index (χ3n) is 3.39. The van der Waals surface area contributed by atoms with Crippen molar-refractivity contribution in [1.82, 2.24) is 0 Å². The molecule has 0 atom stereocenters. The molecule has 0 aliphatic rings. The number of carbonyl (C=O) groups is 1. The number of benzene rings is 1. The van der Waals surface area contributed by atoms with E-state index in [-0.39, 0.29) is 17.3 Å². The second kappa shape index (κ2) is 9.64. The summed E-state index contributed by atoms with van der Waals surface area (Å²) in [7, 11) is -3.49. The summed E-state index contributed by atoms with van der Waals surface area (Å²) in [6.45, 7) is 5.44. The van der Waals surface area contributed by atoms with Gasteiger partial charge >= 0.3 is 6.16 Å². The van der Waals surface area contributed by atoms with E-state index in [1.807, 2.05) is 13.8 Å². The zero-order valence-electron chi connectivity index (χ0n) is 14.5. The Kier molecular flexibility index (Phi) is 8.21. The molecule has 6 nitrogen and oxygen atoms in total. The normalized spacial score (nSPS) is 12.0. The first-order valence-corrected chi connectivity index (χ1v) is 9.72. The Morgan fingerprint density at radius 3 is 2.42 bits per heavy atom. The summed E-state index contributed by atoms with van der Waals surface area (Å²) in [6.07, 6.45) is 2.85. The Hall–Kier alpha value is -1.60. The maximum Gasteiger partial charge on any atom is 0.540 e. The summed E-state index contributed by atoms with van der Waals surface area (Å²) in [5.41, 5.74) is -0.607. The van der Waals surface area contributed by atoms with E-state index in [2.05, 4.69) is 11.8 Å². The summed E-state index contributed by atoms with van der Waals surface area (Å²) in [6, 6.07) is 7.99. The van der Waals surface area contributed by atoms with E-state index in [1.165, 1.54) is 12.1 Å². The highest BCUT2D eigenvalue weighted by Crippen LogP contribution is 2.19. The summed E-state index contributed by atoms with van der Waals surface area (Å²) in [4.78, 5) is 21.4. The van der Waals surface area contributed by atoms with Crippen LogP contribution < -0.4 is 0 Å². The van der Waals surface area contributed by atoms with Gasteiger partial charge in [0.15, 0.2) is 9.84 Å². The summed E-state index contributed by atoms with van der Waals surface area (Å²) in [5, 5.41) is 0. The summed E-state index contributed by atoms with van der Waals surface area (Å²) < 4.78 is 28.8. The van der Waals surface area contributed by atoms with Crippen LogP contribution in [0.4, 0.5) is 4.79 Å². The molecule has 0 radical (unpaired) electrons. The molecule has 0 bridgehead atoms. The van der Waals surface area contributed by atoms with Gasteiger partial charge in [-0.15, -0.1) is 0 Å². The van der Waals surface area contributed by atoms with Crippen LogP contribution in [0, 0.1) is 0 Å². The topological polar surface area (TPSA) is 78.9 Å².